The van der Waals surface area contributed by atoms with Gasteiger partial charge in [-0.05, 0) is 37.1 Å². The van der Waals surface area contributed by atoms with E-state index in [4.69, 9.17) is 10.5 Å². The molecule has 1 aromatic heterocycles. The molecule has 0 radical (unpaired) electrons. The lowest BCUT2D eigenvalue weighted by molar-refractivity contribution is -0.383. The van der Waals surface area contributed by atoms with Crippen LogP contribution in [0.25, 0.3) is 0 Å². The highest BCUT2D eigenvalue weighted by atomic mass is 19.1. The van der Waals surface area contributed by atoms with Crippen LogP contribution in [0.5, 0.6) is 0 Å². The Balaban J connectivity index is 1.84. The van der Waals surface area contributed by atoms with Crippen molar-refractivity contribution in [2.24, 2.45) is 0 Å². The molecular formula is C15H17FN6O3. The maximum atomic E-state index is 13.0. The van der Waals surface area contributed by atoms with Crippen LogP contribution in [0.2, 0.25) is 0 Å². The lowest BCUT2D eigenvalue weighted by Gasteiger charge is -2.13. The van der Waals surface area contributed by atoms with Crippen molar-refractivity contribution < 1.29 is 14.1 Å². The van der Waals surface area contributed by atoms with Gasteiger partial charge in [-0.1, -0.05) is 0 Å². The zero-order valence-electron chi connectivity index (χ0n) is 13.2. The van der Waals surface area contributed by atoms with Gasteiger partial charge in [0.15, 0.2) is 0 Å². The van der Waals surface area contributed by atoms with Gasteiger partial charge in [-0.2, -0.15) is 9.97 Å². The van der Waals surface area contributed by atoms with E-state index in [-0.39, 0.29) is 23.7 Å². The van der Waals surface area contributed by atoms with Gasteiger partial charge < -0.3 is 21.1 Å². The molecule has 4 N–H and O–H groups in total. The van der Waals surface area contributed by atoms with Crippen LogP contribution in [0.1, 0.15) is 12.8 Å². The highest BCUT2D eigenvalue weighted by Crippen LogP contribution is 2.31. The number of nitrogens with zero attached hydrogens (tertiary/aromatic N) is 3. The largest absolute Gasteiger partial charge is 0.378 e. The molecular weight excluding hydrogens is 331 g/mol. The molecule has 1 aliphatic heterocycles. The number of aromatic nitrogens is 2. The number of rotatable bonds is 6. The predicted octanol–water partition coefficient (Wildman–Crippen LogP) is 2.44. The van der Waals surface area contributed by atoms with Crippen molar-refractivity contribution in [3.63, 3.8) is 0 Å². The molecule has 25 heavy (non-hydrogen) atoms. The summed E-state index contributed by atoms with van der Waals surface area (Å²) in [7, 11) is 0. The molecule has 0 saturated carbocycles. The van der Waals surface area contributed by atoms with Crippen molar-refractivity contribution in [3.8, 4) is 0 Å². The number of benzene rings is 1. The average molecular weight is 348 g/mol. The fourth-order valence-electron chi connectivity index (χ4n) is 2.50. The van der Waals surface area contributed by atoms with E-state index in [1.165, 1.54) is 24.3 Å². The molecule has 1 fully saturated rings. The Bertz CT molecular complexity index is 765. The normalized spacial score (nSPS) is 16.6. The third-order valence-corrected chi connectivity index (χ3v) is 3.71. The molecule has 0 unspecified atom stereocenters. The number of hydrogen-bond donors (Lipinski definition) is 3. The smallest absolute Gasteiger partial charge is 0.353 e. The second-order valence-corrected chi connectivity index (χ2v) is 5.53. The Kier molecular flexibility index (Phi) is 4.89. The number of nitrogens with two attached hydrogens (primary N) is 1. The third kappa shape index (κ3) is 4.10. The molecule has 0 amide bonds. The first-order chi connectivity index (χ1) is 12.0. The SMILES string of the molecule is Nc1nc(NC[C@@H]2CCCO2)nc(Nc2ccc(F)cc2)c1[N+](=O)[O-]. The van der Waals surface area contributed by atoms with Gasteiger partial charge in [-0.3, -0.25) is 10.1 Å². The number of halogens is 1. The van der Waals surface area contributed by atoms with Crippen molar-refractivity contribution in [2.45, 2.75) is 18.9 Å². The summed E-state index contributed by atoms with van der Waals surface area (Å²) in [5, 5.41) is 17.0. The first-order valence-corrected chi connectivity index (χ1v) is 7.73. The number of nitrogen functional groups attached to an aromatic ring is 1. The molecule has 0 bridgehead atoms. The summed E-state index contributed by atoms with van der Waals surface area (Å²) in [4.78, 5) is 18.7. The first kappa shape index (κ1) is 16.8. The summed E-state index contributed by atoms with van der Waals surface area (Å²) in [5.74, 6) is -0.595. The number of hydrogen-bond acceptors (Lipinski definition) is 8. The van der Waals surface area contributed by atoms with Gasteiger partial charge in [0.25, 0.3) is 0 Å². The molecule has 10 heteroatoms. The molecule has 132 valence electrons. The van der Waals surface area contributed by atoms with Crippen LogP contribution in [0, 0.1) is 15.9 Å². The van der Waals surface area contributed by atoms with Gasteiger partial charge in [0, 0.05) is 18.8 Å². The topological polar surface area (TPSA) is 128 Å². The molecule has 0 aliphatic carbocycles. The first-order valence-electron chi connectivity index (χ1n) is 7.73. The Morgan fingerprint density at radius 3 is 2.76 bits per heavy atom. The summed E-state index contributed by atoms with van der Waals surface area (Å²) in [6.07, 6.45) is 1.97. The fourth-order valence-corrected chi connectivity index (χ4v) is 2.50. The molecule has 1 aromatic carbocycles. The lowest BCUT2D eigenvalue weighted by atomic mass is 10.2. The van der Waals surface area contributed by atoms with E-state index >= 15 is 0 Å². The summed E-state index contributed by atoms with van der Waals surface area (Å²) < 4.78 is 18.5. The van der Waals surface area contributed by atoms with Crippen LogP contribution in [0.3, 0.4) is 0 Å². The van der Waals surface area contributed by atoms with E-state index in [2.05, 4.69) is 20.6 Å². The van der Waals surface area contributed by atoms with Crippen molar-refractivity contribution in [2.75, 3.05) is 29.5 Å². The number of ether oxygens (including phenoxy) is 1. The summed E-state index contributed by atoms with van der Waals surface area (Å²) in [6, 6.07) is 5.35. The zero-order valence-corrected chi connectivity index (χ0v) is 13.2. The monoisotopic (exact) mass is 348 g/mol. The van der Waals surface area contributed by atoms with Crippen LogP contribution in [-0.4, -0.2) is 34.1 Å². The van der Waals surface area contributed by atoms with Gasteiger partial charge in [-0.15, -0.1) is 0 Å². The van der Waals surface area contributed by atoms with Crippen LogP contribution in [0.4, 0.5) is 33.3 Å². The molecule has 0 spiro atoms. The Morgan fingerprint density at radius 2 is 2.12 bits per heavy atom. The van der Waals surface area contributed by atoms with Crippen LogP contribution < -0.4 is 16.4 Å². The summed E-state index contributed by atoms with van der Waals surface area (Å²) >= 11 is 0. The molecule has 9 nitrogen and oxygen atoms in total. The van der Waals surface area contributed by atoms with Crippen LogP contribution in [-0.2, 0) is 4.74 Å². The Hall–Kier alpha value is -3.01. The predicted molar refractivity (Wildman–Crippen MR) is 90.2 cm³/mol. The molecule has 1 atom stereocenters. The Morgan fingerprint density at radius 1 is 1.36 bits per heavy atom. The minimum atomic E-state index is -0.662. The highest BCUT2D eigenvalue weighted by molar-refractivity contribution is 5.74. The van der Waals surface area contributed by atoms with Gasteiger partial charge in [-0.25, -0.2) is 4.39 Å². The van der Waals surface area contributed by atoms with Crippen molar-refractivity contribution in [1.29, 1.82) is 0 Å². The van der Waals surface area contributed by atoms with E-state index in [9.17, 15) is 14.5 Å². The number of nitro groups is 1. The molecule has 2 heterocycles. The van der Waals surface area contributed by atoms with E-state index in [0.29, 0.717) is 18.8 Å². The summed E-state index contributed by atoms with van der Waals surface area (Å²) in [5.41, 5.74) is 5.72. The van der Waals surface area contributed by atoms with Gasteiger partial charge in [0.1, 0.15) is 5.82 Å². The van der Waals surface area contributed by atoms with Gasteiger partial charge in [0.05, 0.1) is 11.0 Å². The van der Waals surface area contributed by atoms with Crippen molar-refractivity contribution in [1.82, 2.24) is 9.97 Å². The minimum Gasteiger partial charge on any atom is -0.378 e. The minimum absolute atomic E-state index is 0.0496. The van der Waals surface area contributed by atoms with Crippen LogP contribution in [0.15, 0.2) is 24.3 Å². The number of nitrogens with one attached hydrogen (secondary N) is 2. The van der Waals surface area contributed by atoms with Crippen LogP contribution >= 0.6 is 0 Å². The van der Waals surface area contributed by atoms with E-state index < -0.39 is 16.4 Å². The van der Waals surface area contributed by atoms with Crippen molar-refractivity contribution >= 4 is 29.0 Å². The summed E-state index contributed by atoms with van der Waals surface area (Å²) in [6.45, 7) is 1.19. The quantitative estimate of drug-likeness (QED) is 0.536. The maximum absolute atomic E-state index is 13.0. The zero-order chi connectivity index (χ0) is 17.8. The van der Waals surface area contributed by atoms with Gasteiger partial charge >= 0.3 is 5.69 Å². The van der Waals surface area contributed by atoms with E-state index in [1.807, 2.05) is 0 Å². The third-order valence-electron chi connectivity index (χ3n) is 3.71. The van der Waals surface area contributed by atoms with E-state index in [0.717, 1.165) is 12.8 Å². The second-order valence-electron chi connectivity index (χ2n) is 5.53. The highest BCUT2D eigenvalue weighted by Gasteiger charge is 2.24. The Labute approximate surface area is 142 Å². The average Bonchev–Trinajstić information content (AvgIpc) is 3.08. The number of anilines is 4. The molecule has 1 aliphatic rings. The molecule has 3 rings (SSSR count). The molecule has 2 aromatic rings. The maximum Gasteiger partial charge on any atom is 0.353 e. The molecule has 1 saturated heterocycles. The standard InChI is InChI=1S/C15H17FN6O3/c16-9-3-5-10(6-4-9)19-14-12(22(23)24)13(17)20-15(21-14)18-8-11-2-1-7-25-11/h3-6,11H,1-2,7-8H2,(H4,17,18,19,20,21)/t11-/m0/s1. The van der Waals surface area contributed by atoms with Gasteiger partial charge in [0.2, 0.25) is 17.6 Å². The van der Waals surface area contributed by atoms with Crippen molar-refractivity contribution in [3.05, 3.63) is 40.2 Å². The van der Waals surface area contributed by atoms with E-state index in [1.54, 1.807) is 0 Å². The fraction of sp³-hybridized carbons (Fsp3) is 0.333. The second kappa shape index (κ2) is 7.26. The lowest BCUT2D eigenvalue weighted by Crippen LogP contribution is -2.20.